The molecular formula is C15H24N2OS. The lowest BCUT2D eigenvalue weighted by atomic mass is 10.2. The summed E-state index contributed by atoms with van der Waals surface area (Å²) in [6.45, 7) is 2.98. The fourth-order valence-corrected chi connectivity index (χ4v) is 3.27. The molecule has 2 fully saturated rings. The Hall–Kier alpha value is -0.420. The van der Waals surface area contributed by atoms with E-state index in [2.05, 4.69) is 27.0 Å². The van der Waals surface area contributed by atoms with E-state index in [4.69, 9.17) is 4.74 Å². The molecule has 2 saturated carbocycles. The maximum absolute atomic E-state index is 5.46. The lowest BCUT2D eigenvalue weighted by Gasteiger charge is -2.31. The van der Waals surface area contributed by atoms with E-state index >= 15 is 0 Å². The Morgan fingerprint density at radius 3 is 2.84 bits per heavy atom. The minimum absolute atomic E-state index is 0.512. The summed E-state index contributed by atoms with van der Waals surface area (Å²) < 4.78 is 5.46. The third-order valence-corrected chi connectivity index (χ3v) is 4.74. The number of methoxy groups -OCH3 is 1. The van der Waals surface area contributed by atoms with Gasteiger partial charge in [0.1, 0.15) is 0 Å². The van der Waals surface area contributed by atoms with Crippen molar-refractivity contribution in [3.8, 4) is 0 Å². The number of ether oxygens (including phenoxy) is 1. The van der Waals surface area contributed by atoms with Crippen molar-refractivity contribution in [3.63, 3.8) is 0 Å². The number of hydrogen-bond acceptors (Lipinski definition) is 4. The average molecular weight is 280 g/mol. The normalized spacial score (nSPS) is 20.9. The molecule has 19 heavy (non-hydrogen) atoms. The van der Waals surface area contributed by atoms with Gasteiger partial charge < -0.3 is 10.1 Å². The zero-order valence-electron chi connectivity index (χ0n) is 11.7. The molecule has 0 amide bonds. The van der Waals surface area contributed by atoms with E-state index in [1.54, 1.807) is 11.3 Å². The highest BCUT2D eigenvalue weighted by Gasteiger charge is 2.34. The monoisotopic (exact) mass is 280 g/mol. The van der Waals surface area contributed by atoms with Crippen LogP contribution in [0.4, 0.5) is 0 Å². The van der Waals surface area contributed by atoms with Crippen LogP contribution < -0.4 is 5.32 Å². The van der Waals surface area contributed by atoms with Crippen LogP contribution in [0, 0.1) is 0 Å². The molecule has 106 valence electrons. The SMILES string of the molecule is COCC(CNC1CC1)N(Cc1ccsc1)C1CC1. The van der Waals surface area contributed by atoms with Gasteiger partial charge in [-0.15, -0.1) is 0 Å². The van der Waals surface area contributed by atoms with Crippen molar-refractivity contribution in [1.29, 1.82) is 0 Å². The highest BCUT2D eigenvalue weighted by molar-refractivity contribution is 7.07. The van der Waals surface area contributed by atoms with Gasteiger partial charge in [0.25, 0.3) is 0 Å². The maximum Gasteiger partial charge on any atom is 0.0630 e. The first-order valence-corrected chi connectivity index (χ1v) is 8.30. The molecule has 4 heteroatoms. The van der Waals surface area contributed by atoms with E-state index in [9.17, 15) is 0 Å². The molecule has 2 aliphatic carbocycles. The summed E-state index contributed by atoms with van der Waals surface area (Å²) in [7, 11) is 1.82. The van der Waals surface area contributed by atoms with Gasteiger partial charge in [0.05, 0.1) is 6.61 Å². The summed E-state index contributed by atoms with van der Waals surface area (Å²) in [5, 5.41) is 8.11. The minimum atomic E-state index is 0.512. The number of thiophene rings is 1. The summed E-state index contributed by atoms with van der Waals surface area (Å²) >= 11 is 1.79. The van der Waals surface area contributed by atoms with Crippen molar-refractivity contribution in [1.82, 2.24) is 10.2 Å². The van der Waals surface area contributed by atoms with Crippen LogP contribution in [-0.2, 0) is 11.3 Å². The Bertz CT molecular complexity index is 374. The predicted molar refractivity (Wildman–Crippen MR) is 79.6 cm³/mol. The largest absolute Gasteiger partial charge is 0.383 e. The molecule has 0 saturated heterocycles. The van der Waals surface area contributed by atoms with Crippen LogP contribution in [0.1, 0.15) is 31.2 Å². The van der Waals surface area contributed by atoms with Crippen molar-refractivity contribution in [2.75, 3.05) is 20.3 Å². The third-order valence-electron chi connectivity index (χ3n) is 4.01. The molecule has 1 atom stereocenters. The first kappa shape index (κ1) is 13.6. The summed E-state index contributed by atoms with van der Waals surface area (Å²) in [5.41, 5.74) is 1.45. The van der Waals surface area contributed by atoms with Gasteiger partial charge in [-0.2, -0.15) is 11.3 Å². The van der Waals surface area contributed by atoms with Crippen molar-refractivity contribution in [2.45, 2.75) is 50.4 Å². The molecule has 0 aliphatic heterocycles. The van der Waals surface area contributed by atoms with Crippen LogP contribution in [0.15, 0.2) is 16.8 Å². The Labute approximate surface area is 119 Å². The molecule has 1 unspecified atom stereocenters. The molecule has 0 bridgehead atoms. The Morgan fingerprint density at radius 2 is 2.26 bits per heavy atom. The number of nitrogens with one attached hydrogen (secondary N) is 1. The van der Waals surface area contributed by atoms with Gasteiger partial charge in [-0.3, -0.25) is 4.90 Å². The number of hydrogen-bond donors (Lipinski definition) is 1. The molecule has 1 N–H and O–H groups in total. The molecule has 0 aromatic carbocycles. The summed E-state index contributed by atoms with van der Waals surface area (Å²) in [6, 6.07) is 4.32. The van der Waals surface area contributed by atoms with Crippen molar-refractivity contribution >= 4 is 11.3 Å². The smallest absolute Gasteiger partial charge is 0.0630 e. The second-order valence-electron chi connectivity index (χ2n) is 5.83. The van der Waals surface area contributed by atoms with E-state index < -0.39 is 0 Å². The van der Waals surface area contributed by atoms with Gasteiger partial charge in [0.15, 0.2) is 0 Å². The van der Waals surface area contributed by atoms with Crippen molar-refractivity contribution in [3.05, 3.63) is 22.4 Å². The molecule has 1 aromatic heterocycles. The molecule has 1 aromatic rings. The van der Waals surface area contributed by atoms with E-state index in [0.29, 0.717) is 6.04 Å². The first-order valence-electron chi connectivity index (χ1n) is 7.36. The average Bonchev–Trinajstić information content (AvgIpc) is 3.33. The van der Waals surface area contributed by atoms with E-state index in [1.807, 2.05) is 7.11 Å². The maximum atomic E-state index is 5.46. The predicted octanol–water partition coefficient (Wildman–Crippen LogP) is 2.48. The standard InChI is InChI=1S/C15H24N2OS/c1-18-10-15(8-16-13-2-3-13)17(14-4-5-14)9-12-6-7-19-11-12/h6-7,11,13-16H,2-5,8-10H2,1H3. The quantitative estimate of drug-likeness (QED) is 0.752. The minimum Gasteiger partial charge on any atom is -0.383 e. The van der Waals surface area contributed by atoms with Gasteiger partial charge in [-0.1, -0.05) is 0 Å². The van der Waals surface area contributed by atoms with Crippen molar-refractivity contribution in [2.24, 2.45) is 0 Å². The van der Waals surface area contributed by atoms with Gasteiger partial charge in [-0.05, 0) is 48.1 Å². The van der Waals surface area contributed by atoms with E-state index in [-0.39, 0.29) is 0 Å². The van der Waals surface area contributed by atoms with Crippen LogP contribution in [0.2, 0.25) is 0 Å². The fourth-order valence-electron chi connectivity index (χ4n) is 2.61. The lowest BCUT2D eigenvalue weighted by Crippen LogP contribution is -2.46. The molecule has 3 rings (SSSR count). The van der Waals surface area contributed by atoms with Gasteiger partial charge in [0.2, 0.25) is 0 Å². The number of nitrogens with zero attached hydrogens (tertiary/aromatic N) is 1. The first-order chi connectivity index (χ1) is 9.36. The Kier molecular flexibility index (Phi) is 4.53. The topological polar surface area (TPSA) is 24.5 Å². The zero-order valence-corrected chi connectivity index (χ0v) is 12.5. The second-order valence-corrected chi connectivity index (χ2v) is 6.61. The summed E-state index contributed by atoms with van der Waals surface area (Å²) in [5.74, 6) is 0. The Balaban J connectivity index is 1.60. The van der Waals surface area contributed by atoms with Crippen LogP contribution >= 0.6 is 11.3 Å². The summed E-state index contributed by atoms with van der Waals surface area (Å²) in [4.78, 5) is 2.65. The van der Waals surface area contributed by atoms with Crippen LogP contribution in [0.3, 0.4) is 0 Å². The molecular weight excluding hydrogens is 256 g/mol. The summed E-state index contributed by atoms with van der Waals surface area (Å²) in [6.07, 6.45) is 5.42. The number of rotatable bonds is 9. The van der Waals surface area contributed by atoms with Crippen LogP contribution in [0.25, 0.3) is 0 Å². The van der Waals surface area contributed by atoms with E-state index in [0.717, 1.165) is 31.8 Å². The molecule has 0 spiro atoms. The third kappa shape index (κ3) is 4.02. The molecule has 0 radical (unpaired) electrons. The lowest BCUT2D eigenvalue weighted by molar-refractivity contribution is 0.0786. The van der Waals surface area contributed by atoms with Crippen molar-refractivity contribution < 1.29 is 4.74 Å². The highest BCUT2D eigenvalue weighted by Crippen LogP contribution is 2.31. The zero-order chi connectivity index (χ0) is 13.1. The second kappa shape index (κ2) is 6.35. The van der Waals surface area contributed by atoms with Crippen LogP contribution in [-0.4, -0.2) is 43.3 Å². The molecule has 2 aliphatic rings. The van der Waals surface area contributed by atoms with Gasteiger partial charge in [0, 0.05) is 38.3 Å². The molecule has 1 heterocycles. The van der Waals surface area contributed by atoms with E-state index in [1.165, 1.54) is 31.2 Å². The van der Waals surface area contributed by atoms with Gasteiger partial charge >= 0.3 is 0 Å². The molecule has 3 nitrogen and oxygen atoms in total. The highest BCUT2D eigenvalue weighted by atomic mass is 32.1. The fraction of sp³-hybridized carbons (Fsp3) is 0.733. The van der Waals surface area contributed by atoms with Gasteiger partial charge in [-0.25, -0.2) is 0 Å². The Morgan fingerprint density at radius 1 is 1.42 bits per heavy atom. The van der Waals surface area contributed by atoms with Crippen LogP contribution in [0.5, 0.6) is 0 Å².